The third-order valence-corrected chi connectivity index (χ3v) is 7.14. The van der Waals surface area contributed by atoms with Crippen molar-refractivity contribution in [3.05, 3.63) is 34.4 Å². The number of hydrogen-bond acceptors (Lipinski definition) is 9. The quantitative estimate of drug-likeness (QED) is 0.389. The molecule has 12 heteroatoms. The average molecular weight is 444 g/mol. The van der Waals surface area contributed by atoms with E-state index in [1.165, 1.54) is 25.3 Å². The number of nitrogens with zero attached hydrogens (tertiary/aromatic N) is 2. The minimum Gasteiger partial charge on any atom is -0.469 e. The molecule has 4 atom stereocenters. The van der Waals surface area contributed by atoms with Crippen LogP contribution in [0.25, 0.3) is 0 Å². The molecule has 1 N–H and O–H groups in total. The molecule has 30 heavy (non-hydrogen) atoms. The normalized spacial score (nSPS) is 28.1. The van der Waals surface area contributed by atoms with Gasteiger partial charge in [0.2, 0.25) is 10.0 Å². The molecule has 0 aromatic heterocycles. The van der Waals surface area contributed by atoms with Crippen LogP contribution < -0.4 is 0 Å². The summed E-state index contributed by atoms with van der Waals surface area (Å²) in [5.74, 6) is -0.440. The molecule has 1 aromatic carbocycles. The van der Waals surface area contributed by atoms with Gasteiger partial charge in [-0.1, -0.05) is 12.1 Å². The van der Waals surface area contributed by atoms with E-state index >= 15 is 0 Å². The zero-order chi connectivity index (χ0) is 21.9. The van der Waals surface area contributed by atoms with E-state index in [4.69, 9.17) is 9.47 Å². The van der Waals surface area contributed by atoms with Gasteiger partial charge in [-0.15, -0.1) is 0 Å². The number of aliphatic hydroxyl groups is 1. The third kappa shape index (κ3) is 4.78. The second kappa shape index (κ2) is 9.35. The van der Waals surface area contributed by atoms with Crippen molar-refractivity contribution >= 4 is 21.7 Å². The molecule has 0 radical (unpaired) electrons. The number of ether oxygens (including phenoxy) is 3. The van der Waals surface area contributed by atoms with Gasteiger partial charge in [-0.05, 0) is 18.9 Å². The lowest BCUT2D eigenvalue weighted by atomic mass is 9.96. The number of carbonyl (C=O) groups is 1. The molecule has 2 fully saturated rings. The third-order valence-electron chi connectivity index (χ3n) is 5.20. The lowest BCUT2D eigenvalue weighted by Gasteiger charge is -2.43. The molecule has 0 amide bonds. The molecule has 0 bridgehead atoms. The van der Waals surface area contributed by atoms with E-state index in [0.717, 1.165) is 10.4 Å². The smallest absolute Gasteiger partial charge is 0.308 e. The van der Waals surface area contributed by atoms with Crippen LogP contribution in [0.5, 0.6) is 0 Å². The van der Waals surface area contributed by atoms with Gasteiger partial charge in [0.1, 0.15) is 0 Å². The highest BCUT2D eigenvalue weighted by atomic mass is 32.2. The van der Waals surface area contributed by atoms with Crippen LogP contribution in [0.2, 0.25) is 0 Å². The maximum absolute atomic E-state index is 13.4. The molecule has 4 unspecified atom stereocenters. The first-order chi connectivity index (χ1) is 14.2. The summed E-state index contributed by atoms with van der Waals surface area (Å²) in [6.07, 6.45) is -1.51. The van der Waals surface area contributed by atoms with Crippen LogP contribution in [0, 0.1) is 10.1 Å². The summed E-state index contributed by atoms with van der Waals surface area (Å²) in [6.45, 7) is -0.389. The van der Waals surface area contributed by atoms with Gasteiger partial charge in [-0.25, -0.2) is 8.42 Å². The minimum atomic E-state index is -4.32. The fourth-order valence-corrected chi connectivity index (χ4v) is 5.67. The average Bonchev–Trinajstić information content (AvgIpc) is 2.71. The molecule has 166 valence electrons. The van der Waals surface area contributed by atoms with Gasteiger partial charge in [0.25, 0.3) is 5.69 Å². The first kappa shape index (κ1) is 22.6. The number of nitro benzene ring substituents is 1. The molecule has 3 rings (SSSR count). The van der Waals surface area contributed by atoms with Crippen LogP contribution in [0.1, 0.15) is 19.3 Å². The van der Waals surface area contributed by atoms with Crippen LogP contribution in [0.3, 0.4) is 0 Å². The van der Waals surface area contributed by atoms with Gasteiger partial charge in [-0.3, -0.25) is 14.9 Å². The van der Waals surface area contributed by atoms with Crippen molar-refractivity contribution in [2.45, 2.75) is 48.5 Å². The summed E-state index contributed by atoms with van der Waals surface area (Å²) in [6, 6.07) is 4.38. The first-order valence-corrected chi connectivity index (χ1v) is 10.9. The zero-order valence-corrected chi connectivity index (χ0v) is 17.2. The molecule has 1 aromatic rings. The number of para-hydroxylation sites is 1. The van der Waals surface area contributed by atoms with Gasteiger partial charge in [0.05, 0.1) is 56.0 Å². The van der Waals surface area contributed by atoms with E-state index in [2.05, 4.69) is 4.74 Å². The highest BCUT2D eigenvalue weighted by Crippen LogP contribution is 2.34. The molecule has 2 saturated heterocycles. The Bertz CT molecular complexity index is 891. The summed E-state index contributed by atoms with van der Waals surface area (Å²) in [4.78, 5) is 21.8. The van der Waals surface area contributed by atoms with Crippen LogP contribution in [-0.2, 0) is 29.0 Å². The van der Waals surface area contributed by atoms with Crippen molar-refractivity contribution in [2.75, 3.05) is 26.9 Å². The maximum Gasteiger partial charge on any atom is 0.308 e. The number of fused-ring (bicyclic) bond motifs is 1. The predicted octanol–water partition coefficient (Wildman–Crippen LogP) is 0.456. The van der Waals surface area contributed by atoms with E-state index < -0.39 is 55.9 Å². The van der Waals surface area contributed by atoms with Crippen LogP contribution in [0.4, 0.5) is 5.69 Å². The Morgan fingerprint density at radius 2 is 2.07 bits per heavy atom. The number of sulfonamides is 1. The molecular formula is C18H24N2O9S. The summed E-state index contributed by atoms with van der Waals surface area (Å²) < 4.78 is 43.9. The largest absolute Gasteiger partial charge is 0.469 e. The summed E-state index contributed by atoms with van der Waals surface area (Å²) in [5.41, 5.74) is -0.540. The Morgan fingerprint density at radius 1 is 1.33 bits per heavy atom. The lowest BCUT2D eigenvalue weighted by molar-refractivity contribution is -0.387. The highest BCUT2D eigenvalue weighted by Gasteiger charge is 2.44. The number of esters is 1. The highest BCUT2D eigenvalue weighted by molar-refractivity contribution is 7.89. The van der Waals surface area contributed by atoms with Gasteiger partial charge >= 0.3 is 5.97 Å². The SMILES string of the molecule is COC(=O)CC1CCC2C(COCC(O)CN2S(=O)(=O)c2ccccc2[N+](=O)[O-])O1. The summed E-state index contributed by atoms with van der Waals surface area (Å²) in [5, 5.41) is 21.6. The van der Waals surface area contributed by atoms with E-state index in [9.17, 15) is 28.4 Å². The maximum atomic E-state index is 13.4. The Balaban J connectivity index is 1.93. The van der Waals surface area contributed by atoms with E-state index in [-0.39, 0.29) is 26.2 Å². The van der Waals surface area contributed by atoms with E-state index in [0.29, 0.717) is 12.8 Å². The second-order valence-electron chi connectivity index (χ2n) is 7.21. The van der Waals surface area contributed by atoms with Gasteiger partial charge in [0, 0.05) is 12.6 Å². The Morgan fingerprint density at radius 3 is 2.77 bits per heavy atom. The predicted molar refractivity (Wildman–Crippen MR) is 102 cm³/mol. The van der Waals surface area contributed by atoms with Crippen LogP contribution >= 0.6 is 0 Å². The molecule has 11 nitrogen and oxygen atoms in total. The van der Waals surface area contributed by atoms with Crippen molar-refractivity contribution in [3.63, 3.8) is 0 Å². The fourth-order valence-electron chi connectivity index (χ4n) is 3.79. The van der Waals surface area contributed by atoms with Crippen LogP contribution in [0.15, 0.2) is 29.2 Å². The first-order valence-electron chi connectivity index (χ1n) is 9.47. The van der Waals surface area contributed by atoms with Crippen molar-refractivity contribution in [2.24, 2.45) is 0 Å². The number of benzene rings is 1. The number of rotatable bonds is 5. The number of methoxy groups -OCH3 is 1. The molecule has 2 heterocycles. The molecule has 2 aliphatic rings. The molecule has 0 aliphatic carbocycles. The second-order valence-corrected chi connectivity index (χ2v) is 9.07. The summed E-state index contributed by atoms with van der Waals surface area (Å²) >= 11 is 0. The van der Waals surface area contributed by atoms with Crippen molar-refractivity contribution in [1.29, 1.82) is 0 Å². The molecular weight excluding hydrogens is 420 g/mol. The van der Waals surface area contributed by atoms with Gasteiger partial charge in [0.15, 0.2) is 4.90 Å². The number of nitro groups is 1. The van der Waals surface area contributed by atoms with E-state index in [1.54, 1.807) is 0 Å². The Labute approximate surface area is 173 Å². The lowest BCUT2D eigenvalue weighted by Crippen LogP contribution is -2.57. The van der Waals surface area contributed by atoms with Crippen LogP contribution in [-0.4, -0.2) is 79.9 Å². The summed E-state index contributed by atoms with van der Waals surface area (Å²) in [7, 11) is -3.05. The Kier molecular flexibility index (Phi) is 7.03. The van der Waals surface area contributed by atoms with E-state index in [1.807, 2.05) is 0 Å². The zero-order valence-electron chi connectivity index (χ0n) is 16.4. The van der Waals surface area contributed by atoms with Gasteiger partial charge in [-0.2, -0.15) is 4.31 Å². The molecule has 0 spiro atoms. The number of aliphatic hydroxyl groups excluding tert-OH is 1. The molecule has 2 aliphatic heterocycles. The van der Waals surface area contributed by atoms with Crippen molar-refractivity contribution < 1.29 is 37.5 Å². The molecule has 0 saturated carbocycles. The number of β-amino-alcohol motifs (C(OH)–C–C–N with tert-alkyl or cyclic N) is 1. The fraction of sp³-hybridized carbons (Fsp3) is 0.611. The minimum absolute atomic E-state index is 0.0162. The van der Waals surface area contributed by atoms with Gasteiger partial charge < -0.3 is 19.3 Å². The van der Waals surface area contributed by atoms with Crippen molar-refractivity contribution in [1.82, 2.24) is 4.31 Å². The monoisotopic (exact) mass is 444 g/mol. The topological polar surface area (TPSA) is 146 Å². The number of hydrogen-bond donors (Lipinski definition) is 1. The standard InChI is InChI=1S/C18H24N2O9S/c1-27-18(22)8-13-6-7-14-16(29-13)11-28-10-12(21)9-19(14)30(25,26)17-5-3-2-4-15(17)20(23)24/h2-5,12-14,16,21H,6-11H2,1H3. The number of carbonyl (C=O) groups excluding carboxylic acids is 1. The Hall–Kier alpha value is -2.12. The van der Waals surface area contributed by atoms with Crippen molar-refractivity contribution in [3.8, 4) is 0 Å².